The molecule has 0 bridgehead atoms. The highest BCUT2D eigenvalue weighted by Crippen LogP contribution is 2.25. The van der Waals surface area contributed by atoms with Gasteiger partial charge in [0.05, 0.1) is 6.61 Å². The molecule has 1 aromatic heterocycles. The summed E-state index contributed by atoms with van der Waals surface area (Å²) in [7, 11) is 0. The lowest BCUT2D eigenvalue weighted by Crippen LogP contribution is -2.05. The third kappa shape index (κ3) is 3.11. The standard InChI is InChI=1S/C20H21NO/c1-15-7-3-4-10-18(15)16(2)12-14-22-19-11-5-8-17-9-6-13-21-20(17)19/h3-11,13,16H,12,14H2,1-2H3. The molecule has 0 aliphatic rings. The number of ether oxygens (including phenoxy) is 1. The Morgan fingerprint density at radius 2 is 1.82 bits per heavy atom. The van der Waals surface area contributed by atoms with Crippen LogP contribution < -0.4 is 4.74 Å². The van der Waals surface area contributed by atoms with E-state index in [0.29, 0.717) is 12.5 Å². The fraction of sp³-hybridized carbons (Fsp3) is 0.250. The highest BCUT2D eigenvalue weighted by molar-refractivity contribution is 5.84. The molecule has 2 heteroatoms. The topological polar surface area (TPSA) is 22.1 Å². The van der Waals surface area contributed by atoms with Gasteiger partial charge in [-0.25, -0.2) is 0 Å². The summed E-state index contributed by atoms with van der Waals surface area (Å²) in [5.74, 6) is 1.36. The van der Waals surface area contributed by atoms with Gasteiger partial charge in [0.25, 0.3) is 0 Å². The molecule has 1 unspecified atom stereocenters. The number of nitrogens with zero attached hydrogens (tertiary/aromatic N) is 1. The predicted octanol–water partition coefficient (Wildman–Crippen LogP) is 5.12. The van der Waals surface area contributed by atoms with Crippen molar-refractivity contribution in [3.63, 3.8) is 0 Å². The van der Waals surface area contributed by atoms with E-state index >= 15 is 0 Å². The highest BCUT2D eigenvalue weighted by atomic mass is 16.5. The lowest BCUT2D eigenvalue weighted by Gasteiger charge is -2.15. The van der Waals surface area contributed by atoms with Crippen LogP contribution in [-0.4, -0.2) is 11.6 Å². The van der Waals surface area contributed by atoms with Crippen LogP contribution in [0.2, 0.25) is 0 Å². The zero-order valence-corrected chi connectivity index (χ0v) is 13.1. The normalized spacial score (nSPS) is 12.3. The van der Waals surface area contributed by atoms with Gasteiger partial charge >= 0.3 is 0 Å². The molecule has 0 aliphatic carbocycles. The minimum Gasteiger partial charge on any atom is -0.491 e. The van der Waals surface area contributed by atoms with E-state index in [1.54, 1.807) is 0 Å². The van der Waals surface area contributed by atoms with E-state index in [9.17, 15) is 0 Å². The zero-order valence-electron chi connectivity index (χ0n) is 13.1. The van der Waals surface area contributed by atoms with Crippen LogP contribution in [0.3, 0.4) is 0 Å². The van der Waals surface area contributed by atoms with Crippen molar-refractivity contribution < 1.29 is 4.74 Å². The quantitative estimate of drug-likeness (QED) is 0.651. The summed E-state index contributed by atoms with van der Waals surface area (Å²) in [4.78, 5) is 4.43. The molecular formula is C20H21NO. The molecule has 22 heavy (non-hydrogen) atoms. The van der Waals surface area contributed by atoms with Gasteiger partial charge in [-0.3, -0.25) is 4.98 Å². The first-order valence-corrected chi connectivity index (χ1v) is 7.78. The van der Waals surface area contributed by atoms with Crippen molar-refractivity contribution in [1.29, 1.82) is 0 Å². The highest BCUT2D eigenvalue weighted by Gasteiger charge is 2.09. The minimum absolute atomic E-state index is 0.490. The second kappa shape index (κ2) is 6.61. The van der Waals surface area contributed by atoms with E-state index in [1.807, 2.05) is 24.4 Å². The molecule has 0 radical (unpaired) electrons. The van der Waals surface area contributed by atoms with Crippen LogP contribution in [0.4, 0.5) is 0 Å². The summed E-state index contributed by atoms with van der Waals surface area (Å²) in [5.41, 5.74) is 3.69. The van der Waals surface area contributed by atoms with E-state index in [0.717, 1.165) is 23.1 Å². The molecule has 2 nitrogen and oxygen atoms in total. The Bertz CT molecular complexity index is 761. The maximum atomic E-state index is 5.99. The first-order valence-electron chi connectivity index (χ1n) is 7.78. The van der Waals surface area contributed by atoms with E-state index in [-0.39, 0.29) is 0 Å². The van der Waals surface area contributed by atoms with Gasteiger partial charge in [-0.05, 0) is 42.5 Å². The molecule has 1 heterocycles. The van der Waals surface area contributed by atoms with Crippen LogP contribution in [0.15, 0.2) is 60.8 Å². The molecule has 0 N–H and O–H groups in total. The van der Waals surface area contributed by atoms with Gasteiger partial charge in [-0.15, -0.1) is 0 Å². The molecule has 3 rings (SSSR count). The number of rotatable bonds is 5. The van der Waals surface area contributed by atoms with Crippen LogP contribution in [0.25, 0.3) is 10.9 Å². The third-order valence-electron chi connectivity index (χ3n) is 4.12. The van der Waals surface area contributed by atoms with Crippen molar-refractivity contribution in [3.05, 3.63) is 71.9 Å². The summed E-state index contributed by atoms with van der Waals surface area (Å²) in [5, 5.41) is 1.12. The molecule has 0 spiro atoms. The number of benzene rings is 2. The molecule has 0 amide bonds. The molecule has 112 valence electrons. The Morgan fingerprint density at radius 1 is 1.00 bits per heavy atom. The Balaban J connectivity index is 1.66. The average molecular weight is 291 g/mol. The summed E-state index contributed by atoms with van der Waals surface area (Å²) in [6.07, 6.45) is 2.80. The summed E-state index contributed by atoms with van der Waals surface area (Å²) in [6.45, 7) is 5.12. The van der Waals surface area contributed by atoms with E-state index in [4.69, 9.17) is 4.74 Å². The second-order valence-corrected chi connectivity index (χ2v) is 5.73. The van der Waals surface area contributed by atoms with Crippen molar-refractivity contribution in [2.24, 2.45) is 0 Å². The van der Waals surface area contributed by atoms with Gasteiger partial charge in [0.2, 0.25) is 0 Å². The number of aromatic nitrogens is 1. The van der Waals surface area contributed by atoms with Gasteiger partial charge < -0.3 is 4.74 Å². The molecule has 2 aromatic carbocycles. The first kappa shape index (κ1) is 14.6. The number of para-hydroxylation sites is 1. The monoisotopic (exact) mass is 291 g/mol. The van der Waals surface area contributed by atoms with Gasteiger partial charge in [0.15, 0.2) is 0 Å². The molecular weight excluding hydrogens is 270 g/mol. The zero-order chi connectivity index (χ0) is 15.4. The fourth-order valence-corrected chi connectivity index (χ4v) is 2.83. The predicted molar refractivity (Wildman–Crippen MR) is 91.4 cm³/mol. The Kier molecular flexibility index (Phi) is 4.38. The average Bonchev–Trinajstić information content (AvgIpc) is 2.55. The van der Waals surface area contributed by atoms with Gasteiger partial charge in [0.1, 0.15) is 11.3 Å². The van der Waals surface area contributed by atoms with Crippen molar-refractivity contribution in [3.8, 4) is 5.75 Å². The van der Waals surface area contributed by atoms with Crippen LogP contribution in [-0.2, 0) is 0 Å². The molecule has 3 aromatic rings. The lowest BCUT2D eigenvalue weighted by molar-refractivity contribution is 0.303. The van der Waals surface area contributed by atoms with Crippen LogP contribution in [0, 0.1) is 6.92 Å². The summed E-state index contributed by atoms with van der Waals surface area (Å²) in [6, 6.07) is 18.7. The van der Waals surface area contributed by atoms with Gasteiger partial charge in [0, 0.05) is 11.6 Å². The van der Waals surface area contributed by atoms with E-state index in [1.165, 1.54) is 11.1 Å². The molecule has 0 saturated carbocycles. The fourth-order valence-electron chi connectivity index (χ4n) is 2.83. The third-order valence-corrected chi connectivity index (χ3v) is 4.12. The van der Waals surface area contributed by atoms with Crippen LogP contribution in [0.1, 0.15) is 30.4 Å². The van der Waals surface area contributed by atoms with Crippen molar-refractivity contribution in [2.75, 3.05) is 6.61 Å². The Morgan fingerprint density at radius 3 is 2.68 bits per heavy atom. The second-order valence-electron chi connectivity index (χ2n) is 5.73. The van der Waals surface area contributed by atoms with Gasteiger partial charge in [-0.2, -0.15) is 0 Å². The summed E-state index contributed by atoms with van der Waals surface area (Å²) >= 11 is 0. The molecule has 0 fully saturated rings. The maximum absolute atomic E-state index is 5.99. The lowest BCUT2D eigenvalue weighted by atomic mass is 9.94. The van der Waals surface area contributed by atoms with Crippen LogP contribution >= 0.6 is 0 Å². The van der Waals surface area contributed by atoms with Crippen molar-refractivity contribution in [2.45, 2.75) is 26.2 Å². The first-order chi connectivity index (χ1) is 10.8. The summed E-state index contributed by atoms with van der Waals surface area (Å²) < 4.78 is 5.99. The minimum atomic E-state index is 0.490. The number of pyridine rings is 1. The number of fused-ring (bicyclic) bond motifs is 1. The number of hydrogen-bond donors (Lipinski definition) is 0. The molecule has 0 aliphatic heterocycles. The SMILES string of the molecule is Cc1ccccc1C(C)CCOc1cccc2cccnc12. The van der Waals surface area contributed by atoms with Crippen molar-refractivity contribution >= 4 is 10.9 Å². The molecule has 1 atom stereocenters. The number of aryl methyl sites for hydroxylation is 1. The van der Waals surface area contributed by atoms with Crippen molar-refractivity contribution in [1.82, 2.24) is 4.98 Å². The smallest absolute Gasteiger partial charge is 0.145 e. The van der Waals surface area contributed by atoms with Crippen LogP contribution in [0.5, 0.6) is 5.75 Å². The number of hydrogen-bond acceptors (Lipinski definition) is 2. The van der Waals surface area contributed by atoms with Gasteiger partial charge in [-0.1, -0.05) is 49.4 Å². The molecule has 0 saturated heterocycles. The van der Waals surface area contributed by atoms with E-state index in [2.05, 4.69) is 55.2 Å². The largest absolute Gasteiger partial charge is 0.491 e. The van der Waals surface area contributed by atoms with E-state index < -0.39 is 0 Å². The Hall–Kier alpha value is -2.35. The Labute approximate surface area is 131 Å². The maximum Gasteiger partial charge on any atom is 0.145 e.